The number of hydrogen-bond donors (Lipinski definition) is 0. The molecule has 4 rings (SSSR count). The van der Waals surface area contributed by atoms with Crippen LogP contribution in [-0.2, 0) is 16.1 Å². The molecule has 0 radical (unpaired) electrons. The Kier molecular flexibility index (Phi) is 4.15. The molecule has 1 fully saturated rings. The van der Waals surface area contributed by atoms with Crippen LogP contribution in [0.3, 0.4) is 0 Å². The average molecular weight is 337 g/mol. The summed E-state index contributed by atoms with van der Waals surface area (Å²) in [7, 11) is 0. The number of para-hydroxylation sites is 2. The smallest absolute Gasteiger partial charge is 0.242 e. The van der Waals surface area contributed by atoms with E-state index in [-0.39, 0.29) is 18.6 Å². The maximum absolute atomic E-state index is 12.8. The Labute approximate surface area is 145 Å². The van der Waals surface area contributed by atoms with Crippen LogP contribution in [0.15, 0.2) is 42.9 Å². The van der Waals surface area contributed by atoms with Gasteiger partial charge in [-0.3, -0.25) is 14.8 Å². The van der Waals surface area contributed by atoms with Gasteiger partial charge >= 0.3 is 0 Å². The van der Waals surface area contributed by atoms with Gasteiger partial charge in [0, 0.05) is 18.9 Å². The summed E-state index contributed by atoms with van der Waals surface area (Å²) in [5, 5.41) is 0. The van der Waals surface area contributed by atoms with Crippen molar-refractivity contribution in [1.29, 1.82) is 0 Å². The molecule has 1 saturated heterocycles. The molecule has 3 heterocycles. The Balaban J connectivity index is 1.51. The molecule has 1 aliphatic rings. The number of morpholine rings is 1. The minimum Gasteiger partial charge on any atom is -0.368 e. The summed E-state index contributed by atoms with van der Waals surface area (Å²) in [5.74, 6) is 0.900. The van der Waals surface area contributed by atoms with Crippen LogP contribution in [0.1, 0.15) is 17.6 Å². The number of benzene rings is 1. The molecular formula is C18H19N5O2. The van der Waals surface area contributed by atoms with Crippen LogP contribution in [0.5, 0.6) is 0 Å². The lowest BCUT2D eigenvalue weighted by atomic mass is 10.2. The van der Waals surface area contributed by atoms with E-state index in [0.29, 0.717) is 19.7 Å². The number of aromatic nitrogens is 4. The summed E-state index contributed by atoms with van der Waals surface area (Å²) in [6.07, 6.45) is 4.72. The van der Waals surface area contributed by atoms with Crippen molar-refractivity contribution in [3.05, 3.63) is 54.4 Å². The van der Waals surface area contributed by atoms with Gasteiger partial charge < -0.3 is 14.2 Å². The SMILES string of the molecule is Cc1nc2ccccc2n1CC(=O)N1CCO[C@H](c2cnccn2)C1. The Morgan fingerprint density at radius 2 is 2.20 bits per heavy atom. The molecule has 0 bridgehead atoms. The van der Waals surface area contributed by atoms with Crippen molar-refractivity contribution in [3.8, 4) is 0 Å². The minimum atomic E-state index is -0.230. The van der Waals surface area contributed by atoms with Gasteiger partial charge in [-0.25, -0.2) is 4.98 Å². The first-order valence-electron chi connectivity index (χ1n) is 8.29. The summed E-state index contributed by atoms with van der Waals surface area (Å²) in [4.78, 5) is 27.5. The largest absolute Gasteiger partial charge is 0.368 e. The number of imidazole rings is 1. The van der Waals surface area contributed by atoms with E-state index in [0.717, 1.165) is 22.6 Å². The predicted molar refractivity (Wildman–Crippen MR) is 91.8 cm³/mol. The maximum Gasteiger partial charge on any atom is 0.242 e. The zero-order chi connectivity index (χ0) is 17.2. The topological polar surface area (TPSA) is 73.1 Å². The standard InChI is InChI=1S/C18H19N5O2/c1-13-21-14-4-2-3-5-16(14)23(13)12-18(24)22-8-9-25-17(11-22)15-10-19-6-7-20-15/h2-7,10,17H,8-9,11-12H2,1H3/t17-/m0/s1. The van der Waals surface area contributed by atoms with E-state index in [4.69, 9.17) is 4.74 Å². The average Bonchev–Trinajstić information content (AvgIpc) is 2.98. The van der Waals surface area contributed by atoms with Crippen molar-refractivity contribution in [1.82, 2.24) is 24.4 Å². The monoisotopic (exact) mass is 337 g/mol. The summed E-state index contributed by atoms with van der Waals surface area (Å²) >= 11 is 0. The molecule has 128 valence electrons. The Morgan fingerprint density at radius 1 is 1.32 bits per heavy atom. The molecule has 0 spiro atoms. The first kappa shape index (κ1) is 15.7. The highest BCUT2D eigenvalue weighted by Crippen LogP contribution is 2.21. The second kappa shape index (κ2) is 6.60. The van der Waals surface area contributed by atoms with Crippen molar-refractivity contribution in [2.24, 2.45) is 0 Å². The van der Waals surface area contributed by atoms with Crippen molar-refractivity contribution < 1.29 is 9.53 Å². The molecular weight excluding hydrogens is 318 g/mol. The van der Waals surface area contributed by atoms with E-state index in [2.05, 4.69) is 15.0 Å². The molecule has 25 heavy (non-hydrogen) atoms. The minimum absolute atomic E-state index is 0.0587. The van der Waals surface area contributed by atoms with Gasteiger partial charge in [0.25, 0.3) is 0 Å². The van der Waals surface area contributed by atoms with Gasteiger partial charge in [-0.1, -0.05) is 12.1 Å². The van der Waals surface area contributed by atoms with Gasteiger partial charge in [0.2, 0.25) is 5.91 Å². The number of fused-ring (bicyclic) bond motifs is 1. The third kappa shape index (κ3) is 3.10. The number of hydrogen-bond acceptors (Lipinski definition) is 5. The fourth-order valence-corrected chi connectivity index (χ4v) is 3.16. The van der Waals surface area contributed by atoms with E-state index < -0.39 is 0 Å². The van der Waals surface area contributed by atoms with Crippen LogP contribution >= 0.6 is 0 Å². The van der Waals surface area contributed by atoms with Crippen LogP contribution in [0.2, 0.25) is 0 Å². The molecule has 1 amide bonds. The number of aryl methyl sites for hydroxylation is 1. The highest BCUT2D eigenvalue weighted by Gasteiger charge is 2.27. The number of amides is 1. The van der Waals surface area contributed by atoms with Crippen LogP contribution in [0.25, 0.3) is 11.0 Å². The molecule has 1 aromatic carbocycles. The molecule has 1 aliphatic heterocycles. The highest BCUT2D eigenvalue weighted by atomic mass is 16.5. The van der Waals surface area contributed by atoms with Gasteiger partial charge in [-0.2, -0.15) is 0 Å². The first-order chi connectivity index (χ1) is 12.2. The maximum atomic E-state index is 12.8. The van der Waals surface area contributed by atoms with Gasteiger partial charge in [0.05, 0.1) is 36.1 Å². The second-order valence-electron chi connectivity index (χ2n) is 6.06. The number of carbonyl (C=O) groups is 1. The number of carbonyl (C=O) groups excluding carboxylic acids is 1. The Morgan fingerprint density at radius 3 is 3.04 bits per heavy atom. The lowest BCUT2D eigenvalue weighted by Crippen LogP contribution is -2.44. The molecule has 0 unspecified atom stereocenters. The zero-order valence-corrected chi connectivity index (χ0v) is 14.0. The predicted octanol–water partition coefficient (Wildman–Crippen LogP) is 1.73. The Hall–Kier alpha value is -2.80. The molecule has 1 atom stereocenters. The first-order valence-corrected chi connectivity index (χ1v) is 8.29. The second-order valence-corrected chi connectivity index (χ2v) is 6.06. The highest BCUT2D eigenvalue weighted by molar-refractivity contribution is 5.81. The van der Waals surface area contributed by atoms with Crippen molar-refractivity contribution in [2.45, 2.75) is 19.6 Å². The third-order valence-electron chi connectivity index (χ3n) is 4.47. The van der Waals surface area contributed by atoms with Crippen molar-refractivity contribution in [2.75, 3.05) is 19.7 Å². The lowest BCUT2D eigenvalue weighted by molar-refractivity contribution is -0.139. The molecule has 0 aliphatic carbocycles. The van der Waals surface area contributed by atoms with Gasteiger partial charge in [0.1, 0.15) is 18.5 Å². The van der Waals surface area contributed by atoms with Crippen molar-refractivity contribution in [3.63, 3.8) is 0 Å². The molecule has 3 aromatic rings. The summed E-state index contributed by atoms with van der Waals surface area (Å²) in [6, 6.07) is 7.87. The molecule has 0 saturated carbocycles. The number of ether oxygens (including phenoxy) is 1. The van der Waals surface area contributed by atoms with E-state index in [9.17, 15) is 4.79 Å². The summed E-state index contributed by atoms with van der Waals surface area (Å²) in [5.41, 5.74) is 2.64. The fourth-order valence-electron chi connectivity index (χ4n) is 3.16. The summed E-state index contributed by atoms with van der Waals surface area (Å²) < 4.78 is 7.72. The molecule has 2 aromatic heterocycles. The zero-order valence-electron chi connectivity index (χ0n) is 14.0. The Bertz CT molecular complexity index is 893. The van der Waals surface area contributed by atoms with Gasteiger partial charge in [-0.05, 0) is 19.1 Å². The third-order valence-corrected chi connectivity index (χ3v) is 4.47. The van der Waals surface area contributed by atoms with Gasteiger partial charge in [0.15, 0.2) is 0 Å². The van der Waals surface area contributed by atoms with Crippen molar-refractivity contribution >= 4 is 16.9 Å². The van der Waals surface area contributed by atoms with Crippen LogP contribution < -0.4 is 0 Å². The van der Waals surface area contributed by atoms with Gasteiger partial charge in [-0.15, -0.1) is 0 Å². The van der Waals surface area contributed by atoms with Crippen LogP contribution in [0.4, 0.5) is 0 Å². The number of rotatable bonds is 3. The normalized spacial score (nSPS) is 17.8. The van der Waals surface area contributed by atoms with E-state index in [1.807, 2.05) is 40.7 Å². The van der Waals surface area contributed by atoms with Crippen LogP contribution in [-0.4, -0.2) is 50.0 Å². The lowest BCUT2D eigenvalue weighted by Gasteiger charge is -2.32. The molecule has 7 heteroatoms. The molecule has 0 N–H and O–H groups in total. The molecule has 7 nitrogen and oxygen atoms in total. The van der Waals surface area contributed by atoms with Crippen LogP contribution in [0, 0.1) is 6.92 Å². The number of nitrogens with zero attached hydrogens (tertiary/aromatic N) is 5. The fraction of sp³-hybridized carbons (Fsp3) is 0.333. The summed E-state index contributed by atoms with van der Waals surface area (Å²) in [6.45, 7) is 3.77. The van der Waals surface area contributed by atoms with E-state index in [1.54, 1.807) is 18.6 Å². The van der Waals surface area contributed by atoms with E-state index >= 15 is 0 Å². The van der Waals surface area contributed by atoms with E-state index in [1.165, 1.54) is 0 Å². The quantitative estimate of drug-likeness (QED) is 0.728.